The minimum Gasteiger partial charge on any atom is -0.453 e. The van der Waals surface area contributed by atoms with E-state index in [1.807, 2.05) is 68.1 Å². The van der Waals surface area contributed by atoms with Crippen molar-refractivity contribution in [3.8, 4) is 23.1 Å². The van der Waals surface area contributed by atoms with E-state index in [0.717, 1.165) is 96.9 Å². The Kier molecular flexibility index (Phi) is 11.0. The Morgan fingerprint density at radius 2 is 1.64 bits per heavy atom. The smallest absolute Gasteiger partial charge is 0.407 e. The van der Waals surface area contributed by atoms with E-state index in [9.17, 15) is 14.4 Å². The lowest BCUT2D eigenvalue weighted by molar-refractivity contribution is -0.138. The Balaban J connectivity index is 1.04. The average molecular weight is 748 g/mol. The molecule has 4 aromatic rings. The summed E-state index contributed by atoms with van der Waals surface area (Å²) in [6, 6.07) is 13.1. The summed E-state index contributed by atoms with van der Waals surface area (Å²) in [7, 11) is 1.29. The Hall–Kier alpha value is -5.15. The Labute approximate surface area is 323 Å². The van der Waals surface area contributed by atoms with Crippen molar-refractivity contribution in [1.29, 1.82) is 0 Å². The number of benzene rings is 2. The second-order valence-corrected chi connectivity index (χ2v) is 16.2. The number of imidazole rings is 2. The number of nitrogens with zero attached hydrogens (tertiary/aromatic N) is 4. The normalized spacial score (nSPS) is 20.5. The van der Waals surface area contributed by atoms with Crippen molar-refractivity contribution >= 4 is 28.9 Å². The molecule has 12 nitrogen and oxygen atoms in total. The number of hydrogen-bond donors (Lipinski definition) is 3. The predicted octanol–water partition coefficient (Wildman–Crippen LogP) is 6.76. The van der Waals surface area contributed by atoms with Crippen LogP contribution < -0.4 is 5.32 Å². The number of aromatic amines is 2. The summed E-state index contributed by atoms with van der Waals surface area (Å²) in [4.78, 5) is 59.8. The summed E-state index contributed by atoms with van der Waals surface area (Å²) in [5.41, 5.74) is 5.40. The molecule has 3 fully saturated rings. The van der Waals surface area contributed by atoms with Crippen molar-refractivity contribution in [2.45, 2.75) is 84.8 Å². The van der Waals surface area contributed by atoms with Gasteiger partial charge in [0.05, 0.1) is 42.1 Å². The maximum atomic E-state index is 13.8. The molecule has 0 radical (unpaired) electrons. The molecule has 2 aromatic carbocycles. The molecule has 3 amide bonds. The summed E-state index contributed by atoms with van der Waals surface area (Å²) in [6.45, 7) is 12.9. The van der Waals surface area contributed by atoms with Gasteiger partial charge in [0.1, 0.15) is 17.7 Å². The second kappa shape index (κ2) is 15.9. The zero-order valence-corrected chi connectivity index (χ0v) is 32.8. The Morgan fingerprint density at radius 1 is 0.909 bits per heavy atom. The van der Waals surface area contributed by atoms with Crippen molar-refractivity contribution < 1.29 is 23.9 Å². The van der Waals surface area contributed by atoms with E-state index < -0.39 is 12.1 Å². The molecular formula is C43H53N7O5. The van der Waals surface area contributed by atoms with E-state index in [0.29, 0.717) is 6.54 Å². The average Bonchev–Trinajstić information content (AvgIpc) is 4.01. The van der Waals surface area contributed by atoms with Gasteiger partial charge in [0.25, 0.3) is 0 Å². The molecule has 0 unspecified atom stereocenters. The van der Waals surface area contributed by atoms with Crippen LogP contribution in [0.1, 0.15) is 102 Å². The Bertz CT molecular complexity index is 2080. The van der Waals surface area contributed by atoms with Crippen LogP contribution in [0.2, 0.25) is 0 Å². The molecule has 0 saturated carbocycles. The van der Waals surface area contributed by atoms with Crippen molar-refractivity contribution in [3.05, 3.63) is 71.4 Å². The number of ether oxygens (including phenoxy) is 2. The van der Waals surface area contributed by atoms with E-state index in [1.54, 1.807) is 6.20 Å². The monoisotopic (exact) mass is 747 g/mol. The molecule has 55 heavy (non-hydrogen) atoms. The van der Waals surface area contributed by atoms with Gasteiger partial charge in [-0.05, 0) is 85.3 Å². The molecular weight excluding hydrogens is 695 g/mol. The van der Waals surface area contributed by atoms with Crippen molar-refractivity contribution in [2.24, 2.45) is 23.2 Å². The highest BCUT2D eigenvalue weighted by Crippen LogP contribution is 2.49. The highest BCUT2D eigenvalue weighted by atomic mass is 16.5. The number of carbonyl (C=O) groups excluding carboxylic acids is 3. The first-order valence-electron chi connectivity index (χ1n) is 19.7. The number of aromatic nitrogens is 4. The van der Waals surface area contributed by atoms with Crippen molar-refractivity contribution in [2.75, 3.05) is 33.4 Å². The van der Waals surface area contributed by atoms with Gasteiger partial charge in [-0.15, -0.1) is 0 Å². The maximum absolute atomic E-state index is 13.8. The van der Waals surface area contributed by atoms with Crippen LogP contribution in [0, 0.1) is 35.0 Å². The second-order valence-electron chi connectivity index (χ2n) is 16.2. The highest BCUT2D eigenvalue weighted by Gasteiger charge is 2.49. The van der Waals surface area contributed by atoms with Crippen LogP contribution in [-0.2, 0) is 19.1 Å². The number of H-pyrrole nitrogens is 2. The number of carbonyl (C=O) groups is 3. The molecule has 12 heteroatoms. The first-order chi connectivity index (χ1) is 26.4. The van der Waals surface area contributed by atoms with Crippen LogP contribution in [0.25, 0.3) is 22.3 Å². The quantitative estimate of drug-likeness (QED) is 0.169. The number of alkyl carbamates (subject to hydrolysis) is 1. The van der Waals surface area contributed by atoms with Crippen LogP contribution in [-0.4, -0.2) is 87.1 Å². The Morgan fingerprint density at radius 3 is 2.35 bits per heavy atom. The molecule has 0 aliphatic carbocycles. The predicted molar refractivity (Wildman–Crippen MR) is 210 cm³/mol. The van der Waals surface area contributed by atoms with Gasteiger partial charge in [-0.25, -0.2) is 14.8 Å². The number of likely N-dealkylation sites (tertiary alicyclic amines) is 2. The van der Waals surface area contributed by atoms with Gasteiger partial charge in [-0.3, -0.25) is 9.59 Å². The number of methoxy groups -OCH3 is 1. The number of hydrogen-bond acceptors (Lipinski definition) is 7. The fourth-order valence-electron chi connectivity index (χ4n) is 8.23. The van der Waals surface area contributed by atoms with Gasteiger partial charge >= 0.3 is 6.09 Å². The van der Waals surface area contributed by atoms with Gasteiger partial charge in [-0.1, -0.05) is 58.6 Å². The van der Waals surface area contributed by atoms with Gasteiger partial charge in [0, 0.05) is 43.3 Å². The van der Waals surface area contributed by atoms with Gasteiger partial charge < -0.3 is 34.6 Å². The van der Waals surface area contributed by atoms with Gasteiger partial charge in [-0.2, -0.15) is 0 Å². The van der Waals surface area contributed by atoms with E-state index in [1.165, 1.54) is 7.11 Å². The fourth-order valence-corrected chi connectivity index (χ4v) is 8.23. The highest BCUT2D eigenvalue weighted by molar-refractivity contribution is 5.86. The molecule has 3 aliphatic rings. The lowest BCUT2D eigenvalue weighted by Gasteiger charge is -2.33. The van der Waals surface area contributed by atoms with Gasteiger partial charge in [0.2, 0.25) is 11.8 Å². The minimum absolute atomic E-state index is 0.0585. The van der Waals surface area contributed by atoms with Crippen LogP contribution in [0.5, 0.6) is 0 Å². The summed E-state index contributed by atoms with van der Waals surface area (Å²) >= 11 is 0. The topological polar surface area (TPSA) is 146 Å². The van der Waals surface area contributed by atoms with Crippen molar-refractivity contribution in [3.63, 3.8) is 0 Å². The molecule has 3 aliphatic heterocycles. The summed E-state index contributed by atoms with van der Waals surface area (Å²) in [6.07, 6.45) is 5.64. The number of fused-ring (bicyclic) bond motifs is 1. The molecule has 3 N–H and O–H groups in total. The lowest BCUT2D eigenvalue weighted by atomic mass is 9.78. The molecule has 5 heterocycles. The molecule has 290 valence electrons. The molecule has 3 saturated heterocycles. The van der Waals surface area contributed by atoms with Crippen LogP contribution in [0.4, 0.5) is 4.79 Å². The zero-order valence-electron chi connectivity index (χ0n) is 32.8. The third-order valence-corrected chi connectivity index (χ3v) is 11.9. The first kappa shape index (κ1) is 38.1. The van der Waals surface area contributed by atoms with E-state index in [2.05, 4.69) is 50.9 Å². The number of amides is 3. The number of nitrogens with one attached hydrogen (secondary N) is 3. The van der Waals surface area contributed by atoms with E-state index in [4.69, 9.17) is 14.5 Å². The molecule has 2 aromatic heterocycles. The van der Waals surface area contributed by atoms with Crippen molar-refractivity contribution in [1.82, 2.24) is 35.1 Å². The summed E-state index contributed by atoms with van der Waals surface area (Å²) in [5, 5.41) is 2.70. The minimum atomic E-state index is -0.682. The zero-order chi connectivity index (χ0) is 38.9. The molecule has 4 atom stereocenters. The first-order valence-corrected chi connectivity index (χ1v) is 19.7. The fraction of sp³-hybridized carbons (Fsp3) is 0.512. The van der Waals surface area contributed by atoms with Gasteiger partial charge in [0.15, 0.2) is 0 Å². The van der Waals surface area contributed by atoms with E-state index in [-0.39, 0.29) is 47.1 Å². The standard InChI is InChI=1S/C43H53N7O5/c1-26(2)28(5)40(51)50-25-43(17-20-55-21-18-43)23-36(50)39-45-32-16-13-30(22-33(32)46-39)10-9-29-11-14-31(15-12-29)34-24-44-38(47-34)35-8-7-19-49(35)41(52)37(27(3)4)48-42(53)54-6/h11-16,22,24,26-28,35-37H,7-8,17-21,23,25H2,1-6H3,(H,44,47)(H,45,46)(H,48,53)/t28-,35-,36-,37-/m0/s1. The lowest BCUT2D eigenvalue weighted by Crippen LogP contribution is -2.51. The third-order valence-electron chi connectivity index (χ3n) is 11.9. The van der Waals surface area contributed by atoms with Crippen LogP contribution in [0.3, 0.4) is 0 Å². The number of rotatable bonds is 8. The summed E-state index contributed by atoms with van der Waals surface area (Å²) in [5.74, 6) is 8.35. The third kappa shape index (κ3) is 7.99. The van der Waals surface area contributed by atoms with Crippen LogP contribution in [0.15, 0.2) is 48.7 Å². The largest absolute Gasteiger partial charge is 0.453 e. The SMILES string of the molecule is COC(=O)N[C@H](C(=O)N1CCC[C@H]1c1ncc(-c2ccc(C#Cc3ccc4nc([C@@H]5CC6(CCOCC6)CN5C(=O)[C@@H](C)C(C)C)[nH]c4c3)cc2)[nH]1)C(C)C. The summed E-state index contributed by atoms with van der Waals surface area (Å²) < 4.78 is 10.5. The maximum Gasteiger partial charge on any atom is 0.407 e. The van der Waals surface area contributed by atoms with E-state index >= 15 is 0 Å². The molecule has 0 bridgehead atoms. The molecule has 1 spiro atoms. The van der Waals surface area contributed by atoms with Crippen LogP contribution >= 0.6 is 0 Å². The molecule has 7 rings (SSSR count).